The third-order valence-corrected chi connectivity index (χ3v) is 3.43. The predicted molar refractivity (Wildman–Crippen MR) is 83.8 cm³/mol. The van der Waals surface area contributed by atoms with E-state index in [1.54, 1.807) is 12.1 Å². The molecular weight excluding hydrogens is 268 g/mol. The molecule has 1 heterocycles. The Morgan fingerprint density at radius 1 is 1.33 bits per heavy atom. The van der Waals surface area contributed by atoms with E-state index in [1.165, 1.54) is 0 Å². The predicted octanol–water partition coefficient (Wildman–Crippen LogP) is 1.00. The fourth-order valence-corrected chi connectivity index (χ4v) is 2.06. The summed E-state index contributed by atoms with van der Waals surface area (Å²) in [5.41, 5.74) is 2.67. The Kier molecular flexibility index (Phi) is 7.63. The summed E-state index contributed by atoms with van der Waals surface area (Å²) in [6, 6.07) is 3.33. The number of carbonyl (C=O) groups is 1. The lowest BCUT2D eigenvalue weighted by molar-refractivity contribution is 0.0931. The lowest BCUT2D eigenvalue weighted by Crippen LogP contribution is -2.34. The highest BCUT2D eigenvalue weighted by atomic mass is 16.2. The summed E-state index contributed by atoms with van der Waals surface area (Å²) in [6.07, 6.45) is 2.00. The topological polar surface area (TPSA) is 96.2 Å². The van der Waals surface area contributed by atoms with Gasteiger partial charge in [0.1, 0.15) is 0 Å². The summed E-state index contributed by atoms with van der Waals surface area (Å²) >= 11 is 0. The molecule has 0 aromatic carbocycles. The van der Waals surface area contributed by atoms with E-state index in [1.807, 2.05) is 6.92 Å². The zero-order chi connectivity index (χ0) is 15.7. The molecule has 0 bridgehead atoms. The Balaban J connectivity index is 2.35. The number of anilines is 1. The van der Waals surface area contributed by atoms with Crippen molar-refractivity contribution in [1.29, 1.82) is 0 Å². The summed E-state index contributed by atoms with van der Waals surface area (Å²) in [5, 5.41) is 10.5. The van der Waals surface area contributed by atoms with Crippen LogP contribution in [0.3, 0.4) is 0 Å². The molecule has 1 aromatic rings. The van der Waals surface area contributed by atoms with Crippen molar-refractivity contribution in [2.75, 3.05) is 25.1 Å². The number of nitrogen functional groups attached to an aromatic ring is 1. The van der Waals surface area contributed by atoms with Crippen molar-refractivity contribution in [3.63, 3.8) is 0 Å². The molecule has 7 heteroatoms. The van der Waals surface area contributed by atoms with Crippen LogP contribution in [0.5, 0.6) is 0 Å². The Morgan fingerprint density at radius 2 is 2.05 bits per heavy atom. The SMILES string of the molecule is CCN(CC)CCCC(C)NC(=O)c1ccc(NN)nn1. The van der Waals surface area contributed by atoms with Crippen molar-refractivity contribution in [3.05, 3.63) is 17.8 Å². The second kappa shape index (κ2) is 9.25. The van der Waals surface area contributed by atoms with Gasteiger partial charge in [-0.15, -0.1) is 10.2 Å². The first-order valence-corrected chi connectivity index (χ1v) is 7.44. The number of hydrazine groups is 1. The number of nitrogens with one attached hydrogen (secondary N) is 2. The van der Waals surface area contributed by atoms with Gasteiger partial charge >= 0.3 is 0 Å². The molecule has 1 rings (SSSR count). The first-order valence-electron chi connectivity index (χ1n) is 7.44. The minimum Gasteiger partial charge on any atom is -0.348 e. The van der Waals surface area contributed by atoms with Crippen molar-refractivity contribution in [2.45, 2.75) is 39.7 Å². The molecule has 21 heavy (non-hydrogen) atoms. The van der Waals surface area contributed by atoms with Gasteiger partial charge in [0.25, 0.3) is 5.91 Å². The highest BCUT2D eigenvalue weighted by molar-refractivity contribution is 5.92. The van der Waals surface area contributed by atoms with Crippen LogP contribution in [-0.2, 0) is 0 Å². The summed E-state index contributed by atoms with van der Waals surface area (Å²) in [5.74, 6) is 5.42. The third-order valence-electron chi connectivity index (χ3n) is 3.43. The van der Waals surface area contributed by atoms with Gasteiger partial charge < -0.3 is 15.6 Å². The zero-order valence-electron chi connectivity index (χ0n) is 13.1. The first kappa shape index (κ1) is 17.3. The minimum absolute atomic E-state index is 0.113. The van der Waals surface area contributed by atoms with E-state index in [-0.39, 0.29) is 11.9 Å². The number of carbonyl (C=O) groups excluding carboxylic acids is 1. The van der Waals surface area contributed by atoms with E-state index in [4.69, 9.17) is 5.84 Å². The number of rotatable bonds is 9. The molecule has 0 saturated heterocycles. The van der Waals surface area contributed by atoms with Crippen LogP contribution in [-0.4, -0.2) is 46.7 Å². The molecule has 0 radical (unpaired) electrons. The fourth-order valence-electron chi connectivity index (χ4n) is 2.06. The van der Waals surface area contributed by atoms with E-state index >= 15 is 0 Å². The maximum absolute atomic E-state index is 12.0. The van der Waals surface area contributed by atoms with Crippen molar-refractivity contribution in [2.24, 2.45) is 5.84 Å². The molecule has 1 unspecified atom stereocenters. The molecule has 0 aliphatic carbocycles. The molecule has 0 aliphatic heterocycles. The molecule has 0 fully saturated rings. The average Bonchev–Trinajstić information content (AvgIpc) is 2.51. The fraction of sp³-hybridized carbons (Fsp3) is 0.643. The molecule has 0 saturated carbocycles. The van der Waals surface area contributed by atoms with E-state index in [9.17, 15) is 4.79 Å². The van der Waals surface area contributed by atoms with Crippen LogP contribution in [0.1, 0.15) is 44.1 Å². The average molecular weight is 294 g/mol. The van der Waals surface area contributed by atoms with Crippen LogP contribution >= 0.6 is 0 Å². The summed E-state index contributed by atoms with van der Waals surface area (Å²) in [7, 11) is 0. The quantitative estimate of drug-likeness (QED) is 0.464. The van der Waals surface area contributed by atoms with Crippen LogP contribution in [0.25, 0.3) is 0 Å². The van der Waals surface area contributed by atoms with Crippen molar-refractivity contribution >= 4 is 11.7 Å². The number of nitrogens with two attached hydrogens (primary N) is 1. The van der Waals surface area contributed by atoms with Crippen LogP contribution < -0.4 is 16.6 Å². The smallest absolute Gasteiger partial charge is 0.272 e. The highest BCUT2D eigenvalue weighted by Crippen LogP contribution is 2.03. The standard InChI is InChI=1S/C14H26N6O/c1-4-20(5-2)10-6-7-11(3)16-14(21)12-8-9-13(17-15)19-18-12/h8-9,11H,4-7,10,15H2,1-3H3,(H,16,21)(H,17,19). The highest BCUT2D eigenvalue weighted by Gasteiger charge is 2.12. The Hall–Kier alpha value is -1.73. The molecular formula is C14H26N6O. The maximum Gasteiger partial charge on any atom is 0.272 e. The molecule has 1 amide bonds. The number of hydrogen-bond acceptors (Lipinski definition) is 6. The van der Waals surface area contributed by atoms with Gasteiger partial charge in [-0.05, 0) is 51.5 Å². The number of aromatic nitrogens is 2. The lowest BCUT2D eigenvalue weighted by Gasteiger charge is -2.19. The molecule has 7 nitrogen and oxygen atoms in total. The second-order valence-electron chi connectivity index (χ2n) is 4.99. The van der Waals surface area contributed by atoms with E-state index in [0.717, 1.165) is 32.5 Å². The van der Waals surface area contributed by atoms with Crippen LogP contribution in [0.15, 0.2) is 12.1 Å². The third kappa shape index (κ3) is 6.05. The second-order valence-corrected chi connectivity index (χ2v) is 4.99. The van der Waals surface area contributed by atoms with Gasteiger partial charge in [-0.2, -0.15) is 0 Å². The minimum atomic E-state index is -0.207. The van der Waals surface area contributed by atoms with Crippen LogP contribution in [0.2, 0.25) is 0 Å². The maximum atomic E-state index is 12.0. The summed E-state index contributed by atoms with van der Waals surface area (Å²) < 4.78 is 0. The molecule has 1 aromatic heterocycles. The lowest BCUT2D eigenvalue weighted by atomic mass is 10.1. The molecule has 4 N–H and O–H groups in total. The Labute approximate surface area is 126 Å². The van der Waals surface area contributed by atoms with Crippen LogP contribution in [0, 0.1) is 0 Å². The zero-order valence-corrected chi connectivity index (χ0v) is 13.1. The van der Waals surface area contributed by atoms with Gasteiger partial charge in [0.05, 0.1) is 0 Å². The van der Waals surface area contributed by atoms with Crippen molar-refractivity contribution in [3.8, 4) is 0 Å². The monoisotopic (exact) mass is 294 g/mol. The molecule has 118 valence electrons. The van der Waals surface area contributed by atoms with Crippen molar-refractivity contribution < 1.29 is 4.79 Å². The molecule has 1 atom stereocenters. The van der Waals surface area contributed by atoms with Gasteiger partial charge in [0, 0.05) is 6.04 Å². The van der Waals surface area contributed by atoms with Crippen LogP contribution in [0.4, 0.5) is 5.82 Å². The van der Waals surface area contributed by atoms with Gasteiger partial charge in [-0.25, -0.2) is 5.84 Å². The Bertz CT molecular complexity index is 418. The van der Waals surface area contributed by atoms with Gasteiger partial charge in [-0.1, -0.05) is 13.8 Å². The van der Waals surface area contributed by atoms with E-state index in [0.29, 0.717) is 11.5 Å². The molecule has 0 aliphatic rings. The summed E-state index contributed by atoms with van der Waals surface area (Å²) in [4.78, 5) is 14.4. The normalized spacial score (nSPS) is 12.2. The number of amides is 1. The van der Waals surface area contributed by atoms with E-state index < -0.39 is 0 Å². The first-order chi connectivity index (χ1) is 10.1. The Morgan fingerprint density at radius 3 is 2.57 bits per heavy atom. The van der Waals surface area contributed by atoms with E-state index in [2.05, 4.69) is 39.7 Å². The summed E-state index contributed by atoms with van der Waals surface area (Å²) in [6.45, 7) is 9.51. The van der Waals surface area contributed by atoms with Gasteiger partial charge in [0.15, 0.2) is 11.5 Å². The largest absolute Gasteiger partial charge is 0.348 e. The number of nitrogens with zero attached hydrogens (tertiary/aromatic N) is 3. The van der Waals surface area contributed by atoms with Gasteiger partial charge in [-0.3, -0.25) is 4.79 Å². The van der Waals surface area contributed by atoms with Gasteiger partial charge in [0.2, 0.25) is 0 Å². The molecule has 0 spiro atoms. The van der Waals surface area contributed by atoms with Crippen molar-refractivity contribution in [1.82, 2.24) is 20.4 Å². The number of hydrogen-bond donors (Lipinski definition) is 3.